The average Bonchev–Trinajstić information content (AvgIpc) is 2.84. The van der Waals surface area contributed by atoms with E-state index in [0.29, 0.717) is 35.9 Å². The Hall–Kier alpha value is -2.30. The largest absolute Gasteiger partial charge is 0.444 e. The summed E-state index contributed by atoms with van der Waals surface area (Å²) >= 11 is 1.91. The lowest BCUT2D eigenvalue weighted by atomic mass is 10.1. The lowest BCUT2D eigenvalue weighted by molar-refractivity contribution is 0.0527. The Morgan fingerprint density at radius 3 is 2.36 bits per heavy atom. The summed E-state index contributed by atoms with van der Waals surface area (Å²) in [6.45, 7) is 6.85. The fourth-order valence-corrected chi connectivity index (χ4v) is 5.61. The first-order valence-electron chi connectivity index (χ1n) is 12.4. The predicted octanol–water partition coefficient (Wildman–Crippen LogP) is 5.08. The van der Waals surface area contributed by atoms with Crippen LogP contribution in [0.25, 0.3) is 0 Å². The molecule has 4 N–H and O–H groups in total. The molecule has 0 bridgehead atoms. The van der Waals surface area contributed by atoms with Crippen molar-refractivity contribution in [3.05, 3.63) is 51.4 Å². The van der Waals surface area contributed by atoms with E-state index < -0.39 is 45.0 Å². The van der Waals surface area contributed by atoms with Gasteiger partial charge in [-0.25, -0.2) is 18.0 Å². The number of ether oxygens (including phenoxy) is 1. The van der Waals surface area contributed by atoms with Gasteiger partial charge in [-0.2, -0.15) is 12.7 Å². The van der Waals surface area contributed by atoms with E-state index in [4.69, 9.17) is 4.74 Å². The van der Waals surface area contributed by atoms with E-state index in [-0.39, 0.29) is 30.5 Å². The van der Waals surface area contributed by atoms with Crippen molar-refractivity contribution in [1.29, 1.82) is 0 Å². The Morgan fingerprint density at radius 1 is 1.05 bits per heavy atom. The van der Waals surface area contributed by atoms with Crippen LogP contribution < -0.4 is 20.7 Å². The number of nitrogens with zero attached hydrogens (tertiary/aromatic N) is 1. The van der Waals surface area contributed by atoms with Crippen LogP contribution in [0.2, 0.25) is 0 Å². The highest BCUT2D eigenvalue weighted by Crippen LogP contribution is 2.33. The molecule has 0 saturated carbocycles. The molecule has 1 fully saturated rings. The second-order valence-corrected chi connectivity index (χ2v) is 13.0. The second kappa shape index (κ2) is 13.4. The molecule has 9 nitrogen and oxygen atoms in total. The number of alkyl carbamates (subject to hydrolysis) is 1. The summed E-state index contributed by atoms with van der Waals surface area (Å²) in [6.07, 6.45) is 1.28. The van der Waals surface area contributed by atoms with Gasteiger partial charge in [0.25, 0.3) is 0 Å². The van der Waals surface area contributed by atoms with Gasteiger partial charge in [-0.3, -0.25) is 4.72 Å². The van der Waals surface area contributed by atoms with Crippen molar-refractivity contribution in [1.82, 2.24) is 14.9 Å². The zero-order valence-electron chi connectivity index (χ0n) is 21.9. The molecule has 1 aliphatic rings. The van der Waals surface area contributed by atoms with E-state index >= 15 is 0 Å². The smallest absolute Gasteiger partial charge is 0.407 e. The van der Waals surface area contributed by atoms with Crippen molar-refractivity contribution in [3.63, 3.8) is 0 Å². The predicted molar refractivity (Wildman–Crippen MR) is 153 cm³/mol. The van der Waals surface area contributed by atoms with Crippen LogP contribution in [-0.4, -0.2) is 56.6 Å². The molecule has 0 atom stereocenters. The summed E-state index contributed by atoms with van der Waals surface area (Å²) in [5.41, 5.74) is -1.46. The molecule has 0 radical (unpaired) electrons. The number of benzene rings is 2. The van der Waals surface area contributed by atoms with Gasteiger partial charge in [-0.05, 0) is 99.5 Å². The first kappa shape index (κ1) is 31.2. The molecule has 3 rings (SSSR count). The van der Waals surface area contributed by atoms with Gasteiger partial charge >= 0.3 is 16.3 Å². The van der Waals surface area contributed by atoms with Gasteiger partial charge in [0.2, 0.25) is 0 Å². The van der Waals surface area contributed by atoms with Gasteiger partial charge in [-0.15, -0.1) is 0 Å². The molecule has 0 spiro atoms. The number of carbonyl (C=O) groups is 1. The zero-order valence-corrected chi connectivity index (χ0v) is 24.9. The highest BCUT2D eigenvalue weighted by Gasteiger charge is 2.29. The number of halogens is 4. The molecule has 14 heteroatoms. The van der Waals surface area contributed by atoms with Crippen molar-refractivity contribution in [2.75, 3.05) is 36.2 Å². The van der Waals surface area contributed by atoms with Crippen LogP contribution >= 0.6 is 22.6 Å². The summed E-state index contributed by atoms with van der Waals surface area (Å²) in [5.74, 6) is -3.24. The van der Waals surface area contributed by atoms with Crippen molar-refractivity contribution >= 4 is 56.0 Å². The molecule has 1 amide bonds. The van der Waals surface area contributed by atoms with Crippen molar-refractivity contribution in [2.45, 2.75) is 51.7 Å². The van der Waals surface area contributed by atoms with Crippen LogP contribution in [0, 0.1) is 21.0 Å². The molecule has 0 aliphatic carbocycles. The molecular formula is C25H33F3IN5O4S. The van der Waals surface area contributed by atoms with Gasteiger partial charge in [-0.1, -0.05) is 0 Å². The van der Waals surface area contributed by atoms with Crippen LogP contribution in [0.3, 0.4) is 0 Å². The Bertz CT molecular complexity index is 1270. The van der Waals surface area contributed by atoms with E-state index in [1.807, 2.05) is 22.6 Å². The third-order valence-electron chi connectivity index (χ3n) is 5.77. The Kier molecular flexibility index (Phi) is 10.7. The minimum atomic E-state index is -4.10. The van der Waals surface area contributed by atoms with Gasteiger partial charge in [0.15, 0.2) is 11.6 Å². The summed E-state index contributed by atoms with van der Waals surface area (Å²) in [5, 5.41) is 8.52. The summed E-state index contributed by atoms with van der Waals surface area (Å²) < 4.78 is 78.4. The fourth-order valence-electron chi connectivity index (χ4n) is 3.89. The molecular weight excluding hydrogens is 650 g/mol. The summed E-state index contributed by atoms with van der Waals surface area (Å²) in [6, 6.07) is 6.11. The number of amides is 1. The highest BCUT2D eigenvalue weighted by molar-refractivity contribution is 14.1. The standard InChI is InChI=1S/C25H33F3IN5O4S/c1-25(2,3)38-24(35)31-12-4-11-30-17-9-13-34(14-10-17)39(36,37)33-21-8-6-18(26)22(28)23(21)32-20-7-5-16(29)15-19(20)27/h5-8,15,17,30,32-33H,4,9-14H2,1-3H3,(H,31,35). The minimum Gasteiger partial charge on any atom is -0.444 e. The molecule has 0 aromatic heterocycles. The van der Waals surface area contributed by atoms with E-state index in [1.165, 1.54) is 16.4 Å². The SMILES string of the molecule is CC(C)(C)OC(=O)NCCCNC1CCN(S(=O)(=O)Nc2ccc(F)c(F)c2Nc2ccc(I)cc2F)CC1. The third-order valence-corrected chi connectivity index (χ3v) is 7.97. The molecule has 2 aromatic rings. The molecule has 1 heterocycles. The first-order chi connectivity index (χ1) is 18.2. The van der Waals surface area contributed by atoms with Gasteiger partial charge in [0.1, 0.15) is 17.1 Å². The lowest BCUT2D eigenvalue weighted by Gasteiger charge is -2.32. The number of anilines is 3. The number of piperidine rings is 1. The van der Waals surface area contributed by atoms with Gasteiger partial charge in [0, 0.05) is 29.2 Å². The zero-order chi connectivity index (χ0) is 28.8. The van der Waals surface area contributed by atoms with Crippen LogP contribution in [-0.2, 0) is 14.9 Å². The molecule has 216 valence electrons. The molecule has 0 unspecified atom stereocenters. The van der Waals surface area contributed by atoms with Crippen LogP contribution in [0.5, 0.6) is 0 Å². The second-order valence-electron chi connectivity index (χ2n) is 10.0. The Labute approximate surface area is 240 Å². The van der Waals surface area contributed by atoms with E-state index in [9.17, 15) is 26.4 Å². The topological polar surface area (TPSA) is 112 Å². The molecule has 2 aromatic carbocycles. The summed E-state index contributed by atoms with van der Waals surface area (Å²) in [4.78, 5) is 11.7. The quantitative estimate of drug-likeness (QED) is 0.206. The van der Waals surface area contributed by atoms with Crippen molar-refractivity contribution in [3.8, 4) is 0 Å². The fraction of sp³-hybridized carbons (Fsp3) is 0.480. The van der Waals surface area contributed by atoms with E-state index in [2.05, 4.69) is 20.7 Å². The number of rotatable bonds is 10. The number of hydrogen-bond acceptors (Lipinski definition) is 6. The van der Waals surface area contributed by atoms with Crippen molar-refractivity contribution < 1.29 is 31.1 Å². The number of nitrogens with one attached hydrogen (secondary N) is 4. The van der Waals surface area contributed by atoms with Crippen LogP contribution in [0.1, 0.15) is 40.0 Å². The third kappa shape index (κ3) is 9.39. The van der Waals surface area contributed by atoms with Crippen LogP contribution in [0.4, 0.5) is 35.0 Å². The first-order valence-corrected chi connectivity index (χ1v) is 15.0. The highest BCUT2D eigenvalue weighted by atomic mass is 127. The molecule has 1 aliphatic heterocycles. The Balaban J connectivity index is 1.53. The normalized spacial score (nSPS) is 15.2. The van der Waals surface area contributed by atoms with Crippen LogP contribution in [0.15, 0.2) is 30.3 Å². The summed E-state index contributed by atoms with van der Waals surface area (Å²) in [7, 11) is -4.10. The molecule has 1 saturated heterocycles. The lowest BCUT2D eigenvalue weighted by Crippen LogP contribution is -2.47. The monoisotopic (exact) mass is 683 g/mol. The van der Waals surface area contributed by atoms with E-state index in [1.54, 1.807) is 26.8 Å². The maximum Gasteiger partial charge on any atom is 0.407 e. The van der Waals surface area contributed by atoms with E-state index in [0.717, 1.165) is 12.1 Å². The average molecular weight is 684 g/mol. The Morgan fingerprint density at radius 2 is 1.72 bits per heavy atom. The minimum absolute atomic E-state index is 0.0855. The maximum atomic E-state index is 14.7. The number of hydrogen-bond donors (Lipinski definition) is 4. The van der Waals surface area contributed by atoms with Gasteiger partial charge in [0.05, 0.1) is 11.4 Å². The van der Waals surface area contributed by atoms with Gasteiger partial charge < -0.3 is 20.7 Å². The maximum absolute atomic E-state index is 14.7. The number of carbonyl (C=O) groups excluding carboxylic acids is 1. The van der Waals surface area contributed by atoms with Crippen molar-refractivity contribution in [2.24, 2.45) is 0 Å². The molecule has 39 heavy (non-hydrogen) atoms.